The highest BCUT2D eigenvalue weighted by Gasteiger charge is 2.12. The molecule has 0 radical (unpaired) electrons. The van der Waals surface area contributed by atoms with Crippen LogP contribution in [0.15, 0.2) is 54.2 Å². The average Bonchev–Trinajstić information content (AvgIpc) is 2.42. The van der Waals surface area contributed by atoms with E-state index in [4.69, 9.17) is 0 Å². The van der Waals surface area contributed by atoms with Crippen LogP contribution in [0.4, 0.5) is 4.39 Å². The van der Waals surface area contributed by atoms with Gasteiger partial charge in [0.25, 0.3) is 5.70 Å². The fourth-order valence-electron chi connectivity index (χ4n) is 1.95. The third kappa shape index (κ3) is 3.51. The summed E-state index contributed by atoms with van der Waals surface area (Å²) >= 11 is 0. The minimum absolute atomic E-state index is 0.0888. The first-order valence-electron chi connectivity index (χ1n) is 6.21. The van der Waals surface area contributed by atoms with Crippen molar-refractivity contribution in [1.29, 1.82) is 0 Å². The van der Waals surface area contributed by atoms with E-state index in [9.17, 15) is 14.5 Å². The van der Waals surface area contributed by atoms with Crippen molar-refractivity contribution >= 4 is 6.08 Å². The number of hydrogen-bond acceptors (Lipinski definition) is 2. The molecule has 0 saturated carbocycles. The number of nitrogens with zero attached hydrogens (tertiary/aromatic N) is 1. The van der Waals surface area contributed by atoms with Crippen LogP contribution < -0.4 is 0 Å². The lowest BCUT2D eigenvalue weighted by molar-refractivity contribution is -0.425. The Hall–Kier alpha value is -2.49. The molecule has 4 heteroatoms. The van der Waals surface area contributed by atoms with Crippen molar-refractivity contribution in [3.63, 3.8) is 0 Å². The Morgan fingerprint density at radius 1 is 1.25 bits per heavy atom. The van der Waals surface area contributed by atoms with Crippen molar-refractivity contribution in [3.8, 4) is 0 Å². The monoisotopic (exact) mass is 271 g/mol. The SMILES string of the molecule is Cc1cc(F)ccc1C=C(Cc1ccccc1)[N+](=O)[O-]. The topological polar surface area (TPSA) is 43.1 Å². The summed E-state index contributed by atoms with van der Waals surface area (Å²) in [4.78, 5) is 10.8. The number of hydrogen-bond donors (Lipinski definition) is 0. The lowest BCUT2D eigenvalue weighted by Crippen LogP contribution is -2.02. The van der Waals surface area contributed by atoms with Gasteiger partial charge in [0, 0.05) is 6.08 Å². The molecule has 3 nitrogen and oxygen atoms in total. The second-order valence-corrected chi connectivity index (χ2v) is 4.56. The Balaban J connectivity index is 2.33. The summed E-state index contributed by atoms with van der Waals surface area (Å²) < 4.78 is 13.0. The first-order chi connectivity index (χ1) is 9.56. The zero-order valence-corrected chi connectivity index (χ0v) is 11.0. The van der Waals surface area contributed by atoms with Crippen LogP contribution in [0.1, 0.15) is 16.7 Å². The molecule has 0 spiro atoms. The van der Waals surface area contributed by atoms with Gasteiger partial charge in [-0.1, -0.05) is 36.4 Å². The van der Waals surface area contributed by atoms with Gasteiger partial charge < -0.3 is 0 Å². The zero-order valence-electron chi connectivity index (χ0n) is 11.0. The lowest BCUT2D eigenvalue weighted by Gasteiger charge is -2.03. The van der Waals surface area contributed by atoms with E-state index < -0.39 is 4.92 Å². The van der Waals surface area contributed by atoms with Gasteiger partial charge in [-0.05, 0) is 35.7 Å². The highest BCUT2D eigenvalue weighted by Crippen LogP contribution is 2.17. The number of benzene rings is 2. The molecular weight excluding hydrogens is 257 g/mol. The van der Waals surface area contributed by atoms with E-state index >= 15 is 0 Å². The maximum Gasteiger partial charge on any atom is 0.251 e. The molecule has 0 bridgehead atoms. The van der Waals surface area contributed by atoms with Gasteiger partial charge in [0.2, 0.25) is 0 Å². The summed E-state index contributed by atoms with van der Waals surface area (Å²) in [7, 11) is 0. The first-order valence-corrected chi connectivity index (χ1v) is 6.21. The van der Waals surface area contributed by atoms with Gasteiger partial charge in [-0.25, -0.2) is 4.39 Å². The zero-order chi connectivity index (χ0) is 14.5. The number of allylic oxidation sites excluding steroid dienone is 1. The quantitative estimate of drug-likeness (QED) is 0.623. The summed E-state index contributed by atoms with van der Waals surface area (Å²) in [5, 5.41) is 11.1. The largest absolute Gasteiger partial charge is 0.259 e. The van der Waals surface area contributed by atoms with Crippen LogP contribution in [0, 0.1) is 22.9 Å². The van der Waals surface area contributed by atoms with E-state index in [-0.39, 0.29) is 17.9 Å². The highest BCUT2D eigenvalue weighted by molar-refractivity contribution is 5.55. The molecule has 0 N–H and O–H groups in total. The Morgan fingerprint density at radius 3 is 2.55 bits per heavy atom. The fourth-order valence-corrected chi connectivity index (χ4v) is 1.95. The first kappa shape index (κ1) is 13.9. The van der Waals surface area contributed by atoms with E-state index in [2.05, 4.69) is 0 Å². The maximum atomic E-state index is 13.0. The van der Waals surface area contributed by atoms with Gasteiger partial charge in [0.05, 0.1) is 11.3 Å². The Bertz CT molecular complexity index is 651. The van der Waals surface area contributed by atoms with E-state index in [1.807, 2.05) is 30.3 Å². The van der Waals surface area contributed by atoms with Crippen molar-refractivity contribution in [1.82, 2.24) is 0 Å². The Kier molecular flexibility index (Phi) is 4.25. The summed E-state index contributed by atoms with van der Waals surface area (Å²) in [6.07, 6.45) is 1.74. The molecule has 0 atom stereocenters. The molecule has 0 aromatic heterocycles. The van der Waals surface area contributed by atoms with Crippen LogP contribution in [-0.2, 0) is 6.42 Å². The third-order valence-electron chi connectivity index (χ3n) is 3.02. The molecule has 2 rings (SSSR count). The number of nitro groups is 1. The Labute approximate surface area is 116 Å². The van der Waals surface area contributed by atoms with Crippen molar-refractivity contribution in [2.75, 3.05) is 0 Å². The molecule has 0 fully saturated rings. The predicted octanol–water partition coefficient (Wildman–Crippen LogP) is 3.99. The average molecular weight is 271 g/mol. The van der Waals surface area contributed by atoms with Crippen LogP contribution in [0.3, 0.4) is 0 Å². The van der Waals surface area contributed by atoms with Gasteiger partial charge in [-0.15, -0.1) is 0 Å². The van der Waals surface area contributed by atoms with Crippen molar-refractivity contribution < 1.29 is 9.31 Å². The normalized spacial score (nSPS) is 11.4. The minimum atomic E-state index is -0.393. The second kappa shape index (κ2) is 6.10. The second-order valence-electron chi connectivity index (χ2n) is 4.56. The van der Waals surface area contributed by atoms with Gasteiger partial charge in [-0.3, -0.25) is 10.1 Å². The van der Waals surface area contributed by atoms with Gasteiger partial charge >= 0.3 is 0 Å². The fraction of sp³-hybridized carbons (Fsp3) is 0.125. The van der Waals surface area contributed by atoms with Crippen molar-refractivity contribution in [2.24, 2.45) is 0 Å². The smallest absolute Gasteiger partial charge is 0.251 e. The Morgan fingerprint density at radius 2 is 1.95 bits per heavy atom. The predicted molar refractivity (Wildman–Crippen MR) is 76.3 cm³/mol. The minimum Gasteiger partial charge on any atom is -0.259 e. The molecule has 0 saturated heterocycles. The van der Waals surface area contributed by atoms with Crippen molar-refractivity contribution in [2.45, 2.75) is 13.3 Å². The molecule has 0 heterocycles. The van der Waals surface area contributed by atoms with Gasteiger partial charge in [-0.2, -0.15) is 0 Å². The molecule has 0 aliphatic heterocycles. The van der Waals surface area contributed by atoms with Gasteiger partial charge in [0.1, 0.15) is 5.82 Å². The summed E-state index contributed by atoms with van der Waals surface area (Å²) in [5.41, 5.74) is 2.30. The standard InChI is InChI=1S/C16H14FNO2/c1-12-9-15(17)8-7-14(12)11-16(18(19)20)10-13-5-3-2-4-6-13/h2-9,11H,10H2,1H3. The number of aryl methyl sites for hydroxylation is 1. The number of halogens is 1. The molecule has 0 aliphatic carbocycles. The molecule has 0 unspecified atom stereocenters. The van der Waals surface area contributed by atoms with E-state index in [1.165, 1.54) is 18.2 Å². The number of rotatable bonds is 4. The van der Waals surface area contributed by atoms with Crippen LogP contribution in [0.2, 0.25) is 0 Å². The van der Waals surface area contributed by atoms with Crippen LogP contribution in [0.25, 0.3) is 6.08 Å². The van der Waals surface area contributed by atoms with E-state index in [0.717, 1.165) is 5.56 Å². The maximum absolute atomic E-state index is 13.0. The summed E-state index contributed by atoms with van der Waals surface area (Å²) in [6, 6.07) is 13.5. The third-order valence-corrected chi connectivity index (χ3v) is 3.02. The summed E-state index contributed by atoms with van der Waals surface area (Å²) in [6.45, 7) is 1.73. The van der Waals surface area contributed by atoms with Crippen LogP contribution in [0.5, 0.6) is 0 Å². The molecule has 0 aliphatic rings. The van der Waals surface area contributed by atoms with Crippen molar-refractivity contribution in [3.05, 3.63) is 86.8 Å². The van der Waals surface area contributed by atoms with E-state index in [1.54, 1.807) is 13.0 Å². The van der Waals surface area contributed by atoms with Crippen LogP contribution >= 0.6 is 0 Å². The highest BCUT2D eigenvalue weighted by atomic mass is 19.1. The molecule has 2 aromatic carbocycles. The van der Waals surface area contributed by atoms with Gasteiger partial charge in [0.15, 0.2) is 0 Å². The summed E-state index contributed by atoms with van der Waals surface area (Å²) in [5.74, 6) is -0.342. The van der Waals surface area contributed by atoms with E-state index in [0.29, 0.717) is 11.1 Å². The molecule has 20 heavy (non-hydrogen) atoms. The molecular formula is C16H14FNO2. The lowest BCUT2D eigenvalue weighted by atomic mass is 10.0. The van der Waals surface area contributed by atoms with Crippen LogP contribution in [-0.4, -0.2) is 4.92 Å². The molecule has 0 amide bonds. The molecule has 102 valence electrons. The molecule has 2 aromatic rings.